The van der Waals surface area contributed by atoms with E-state index in [9.17, 15) is 14.0 Å². The first kappa shape index (κ1) is 20.1. The smallest absolute Gasteiger partial charge is 0.234 e. The molecule has 1 saturated heterocycles. The van der Waals surface area contributed by atoms with Gasteiger partial charge in [-0.3, -0.25) is 14.2 Å². The third-order valence-corrected chi connectivity index (χ3v) is 5.70. The van der Waals surface area contributed by atoms with Crippen LogP contribution in [0.4, 0.5) is 15.8 Å². The van der Waals surface area contributed by atoms with E-state index in [2.05, 4.69) is 15.5 Å². The molecule has 7 nitrogen and oxygen atoms in total. The molecule has 2 amide bonds. The van der Waals surface area contributed by atoms with E-state index in [-0.39, 0.29) is 23.3 Å². The number of hydrogen-bond acceptors (Lipinski definition) is 5. The Kier molecular flexibility index (Phi) is 5.80. The first-order valence-corrected chi connectivity index (χ1v) is 10.5. The van der Waals surface area contributed by atoms with Crippen LogP contribution in [-0.4, -0.2) is 38.9 Å². The molecule has 2 heterocycles. The molecule has 1 N–H and O–H groups in total. The molecule has 0 aliphatic carbocycles. The Balaban J connectivity index is 1.38. The number of anilines is 2. The largest absolute Gasteiger partial charge is 0.325 e. The van der Waals surface area contributed by atoms with E-state index in [4.69, 9.17) is 0 Å². The summed E-state index contributed by atoms with van der Waals surface area (Å²) >= 11 is 1.24. The van der Waals surface area contributed by atoms with E-state index in [0.717, 1.165) is 17.7 Å². The Hall–Kier alpha value is -3.20. The minimum Gasteiger partial charge on any atom is -0.325 e. The number of hydrogen-bond donors (Lipinski definition) is 1. The van der Waals surface area contributed by atoms with E-state index in [1.54, 1.807) is 17.0 Å². The number of benzene rings is 2. The molecule has 1 fully saturated rings. The number of aromatic nitrogens is 3. The standard InChI is InChI=1S/C21H20FN5O2S/c1-14-4-7-16(8-5-14)27-13-23-25-21(27)30-12-19(28)24-15-6-9-18(17(22)11-15)26-10-2-3-20(26)29/h4-9,11,13H,2-3,10,12H2,1H3,(H,24,28). The fourth-order valence-electron chi connectivity index (χ4n) is 3.24. The normalized spacial score (nSPS) is 13.7. The molecule has 0 spiro atoms. The number of carbonyl (C=O) groups is 2. The third-order valence-electron chi connectivity index (χ3n) is 4.76. The van der Waals surface area contributed by atoms with Crippen LogP contribution >= 0.6 is 11.8 Å². The van der Waals surface area contributed by atoms with Crippen molar-refractivity contribution in [1.29, 1.82) is 0 Å². The maximum Gasteiger partial charge on any atom is 0.234 e. The SMILES string of the molecule is Cc1ccc(-n2cnnc2SCC(=O)Nc2ccc(N3CCCC3=O)c(F)c2)cc1. The number of amides is 2. The monoisotopic (exact) mass is 425 g/mol. The van der Waals surface area contributed by atoms with E-state index < -0.39 is 5.82 Å². The minimum absolute atomic E-state index is 0.0835. The van der Waals surface area contributed by atoms with Crippen LogP contribution in [0.2, 0.25) is 0 Å². The number of aryl methyl sites for hydroxylation is 1. The van der Waals surface area contributed by atoms with Crippen molar-refractivity contribution in [3.63, 3.8) is 0 Å². The van der Waals surface area contributed by atoms with Crippen LogP contribution in [0, 0.1) is 12.7 Å². The van der Waals surface area contributed by atoms with Crippen molar-refractivity contribution < 1.29 is 14.0 Å². The highest BCUT2D eigenvalue weighted by Gasteiger charge is 2.24. The average Bonchev–Trinajstić information content (AvgIpc) is 3.36. The molecule has 30 heavy (non-hydrogen) atoms. The highest BCUT2D eigenvalue weighted by molar-refractivity contribution is 7.99. The number of nitrogens with one attached hydrogen (secondary N) is 1. The van der Waals surface area contributed by atoms with Gasteiger partial charge in [0.1, 0.15) is 12.1 Å². The van der Waals surface area contributed by atoms with Gasteiger partial charge in [-0.25, -0.2) is 4.39 Å². The summed E-state index contributed by atoms with van der Waals surface area (Å²) in [6, 6.07) is 12.3. The molecule has 0 atom stereocenters. The van der Waals surface area contributed by atoms with Crippen molar-refractivity contribution >= 4 is 35.0 Å². The Morgan fingerprint density at radius 1 is 1.23 bits per heavy atom. The van der Waals surface area contributed by atoms with Crippen molar-refractivity contribution in [3.8, 4) is 5.69 Å². The first-order chi connectivity index (χ1) is 14.5. The van der Waals surface area contributed by atoms with Gasteiger partial charge in [0.15, 0.2) is 5.16 Å². The molecule has 0 radical (unpaired) electrons. The summed E-state index contributed by atoms with van der Waals surface area (Å²) in [7, 11) is 0. The molecule has 0 saturated carbocycles. The highest BCUT2D eigenvalue weighted by Crippen LogP contribution is 2.27. The van der Waals surface area contributed by atoms with Gasteiger partial charge in [-0.2, -0.15) is 0 Å². The summed E-state index contributed by atoms with van der Waals surface area (Å²) in [4.78, 5) is 25.6. The topological polar surface area (TPSA) is 80.1 Å². The zero-order valence-corrected chi connectivity index (χ0v) is 17.2. The maximum absolute atomic E-state index is 14.4. The lowest BCUT2D eigenvalue weighted by Gasteiger charge is -2.17. The first-order valence-electron chi connectivity index (χ1n) is 9.51. The quantitative estimate of drug-likeness (QED) is 0.611. The summed E-state index contributed by atoms with van der Waals surface area (Å²) in [5.41, 5.74) is 2.64. The number of halogens is 1. The van der Waals surface area contributed by atoms with E-state index >= 15 is 0 Å². The maximum atomic E-state index is 14.4. The molecular weight excluding hydrogens is 405 g/mol. The summed E-state index contributed by atoms with van der Waals surface area (Å²) in [6.07, 6.45) is 2.75. The molecule has 0 bridgehead atoms. The minimum atomic E-state index is -0.533. The predicted molar refractivity (Wildman–Crippen MR) is 113 cm³/mol. The lowest BCUT2D eigenvalue weighted by atomic mass is 10.2. The molecule has 4 rings (SSSR count). The summed E-state index contributed by atoms with van der Waals surface area (Å²) < 4.78 is 16.2. The van der Waals surface area contributed by atoms with Crippen molar-refractivity contribution in [2.45, 2.75) is 24.9 Å². The third kappa shape index (κ3) is 4.35. The molecule has 154 valence electrons. The van der Waals surface area contributed by atoms with Gasteiger partial charge in [0.2, 0.25) is 11.8 Å². The average molecular weight is 425 g/mol. The fourth-order valence-corrected chi connectivity index (χ4v) is 3.97. The van der Waals surface area contributed by atoms with Crippen LogP contribution in [0.1, 0.15) is 18.4 Å². The second kappa shape index (κ2) is 8.66. The Labute approximate surface area is 177 Å². The molecule has 1 aliphatic rings. The lowest BCUT2D eigenvalue weighted by Crippen LogP contribution is -2.24. The molecule has 3 aromatic rings. The van der Waals surface area contributed by atoms with Gasteiger partial charge in [-0.1, -0.05) is 29.5 Å². The number of nitrogens with zero attached hydrogens (tertiary/aromatic N) is 4. The van der Waals surface area contributed by atoms with E-state index in [0.29, 0.717) is 23.8 Å². The fraction of sp³-hybridized carbons (Fsp3) is 0.238. The second-order valence-electron chi connectivity index (χ2n) is 6.97. The van der Waals surface area contributed by atoms with E-state index in [1.165, 1.54) is 28.8 Å². The van der Waals surface area contributed by atoms with Gasteiger partial charge in [-0.15, -0.1) is 10.2 Å². The Morgan fingerprint density at radius 2 is 2.03 bits per heavy atom. The Morgan fingerprint density at radius 3 is 2.73 bits per heavy atom. The molecule has 1 aliphatic heterocycles. The van der Waals surface area contributed by atoms with Crippen LogP contribution in [0.25, 0.3) is 5.69 Å². The number of thioether (sulfide) groups is 1. The van der Waals surface area contributed by atoms with Gasteiger partial charge in [0.05, 0.1) is 11.4 Å². The van der Waals surface area contributed by atoms with Crippen LogP contribution in [-0.2, 0) is 9.59 Å². The van der Waals surface area contributed by atoms with Gasteiger partial charge in [0, 0.05) is 24.3 Å². The van der Waals surface area contributed by atoms with Gasteiger partial charge in [-0.05, 0) is 43.7 Å². The summed E-state index contributed by atoms with van der Waals surface area (Å²) in [5.74, 6) is -0.809. The van der Waals surface area contributed by atoms with Gasteiger partial charge in [0.25, 0.3) is 0 Å². The molecule has 9 heteroatoms. The molecule has 1 aromatic heterocycles. The summed E-state index contributed by atoms with van der Waals surface area (Å²) in [6.45, 7) is 2.52. The van der Waals surface area contributed by atoms with Crippen LogP contribution < -0.4 is 10.2 Å². The van der Waals surface area contributed by atoms with Crippen molar-refractivity contribution in [2.24, 2.45) is 0 Å². The van der Waals surface area contributed by atoms with Crippen LogP contribution in [0.15, 0.2) is 53.9 Å². The van der Waals surface area contributed by atoms with Crippen molar-refractivity contribution in [1.82, 2.24) is 14.8 Å². The predicted octanol–water partition coefficient (Wildman–Crippen LogP) is 3.57. The number of carbonyl (C=O) groups excluding carboxylic acids is 2. The van der Waals surface area contributed by atoms with Gasteiger partial charge >= 0.3 is 0 Å². The zero-order valence-electron chi connectivity index (χ0n) is 16.3. The van der Waals surface area contributed by atoms with Crippen LogP contribution in [0.5, 0.6) is 0 Å². The highest BCUT2D eigenvalue weighted by atomic mass is 32.2. The van der Waals surface area contributed by atoms with Crippen molar-refractivity contribution in [2.75, 3.05) is 22.5 Å². The summed E-state index contributed by atoms with van der Waals surface area (Å²) in [5, 5.41) is 11.3. The van der Waals surface area contributed by atoms with Crippen molar-refractivity contribution in [3.05, 3.63) is 60.2 Å². The zero-order chi connectivity index (χ0) is 21.1. The van der Waals surface area contributed by atoms with Gasteiger partial charge < -0.3 is 10.2 Å². The lowest BCUT2D eigenvalue weighted by molar-refractivity contribution is -0.117. The van der Waals surface area contributed by atoms with E-state index in [1.807, 2.05) is 31.2 Å². The number of rotatable bonds is 6. The second-order valence-corrected chi connectivity index (χ2v) is 7.91. The van der Waals surface area contributed by atoms with Crippen LogP contribution in [0.3, 0.4) is 0 Å². The molecular formula is C21H20FN5O2S. The molecule has 0 unspecified atom stereocenters. The molecule has 2 aromatic carbocycles. The Bertz CT molecular complexity index is 1080.